The second-order valence-electron chi connectivity index (χ2n) is 10.8. The number of aliphatic hydroxyl groups is 2. The van der Waals surface area contributed by atoms with Crippen LogP contribution in [0.5, 0.6) is 0 Å². The van der Waals surface area contributed by atoms with Crippen LogP contribution in [0, 0.1) is 38.7 Å². The number of fused-ring (bicyclic) bond motifs is 5. The first-order valence-corrected chi connectivity index (χ1v) is 12.2. The largest absolute Gasteiger partial charge is 0.450 e. The van der Waals surface area contributed by atoms with Gasteiger partial charge in [0.1, 0.15) is 6.61 Å². The molecule has 0 amide bonds. The topological polar surface area (TPSA) is 153 Å². The van der Waals surface area contributed by atoms with Gasteiger partial charge in [0.2, 0.25) is 5.78 Å². The average Bonchev–Trinajstić information content (AvgIpc) is 3.08. The molecule has 0 aromatic carbocycles. The van der Waals surface area contributed by atoms with Gasteiger partial charge in [0.15, 0.2) is 11.4 Å². The summed E-state index contributed by atoms with van der Waals surface area (Å²) in [5.41, 5.74) is -1.91. The Morgan fingerprint density at radius 1 is 1.31 bits per heavy atom. The van der Waals surface area contributed by atoms with Crippen LogP contribution in [0.4, 0.5) is 0 Å². The molecule has 0 aliphatic heterocycles. The summed E-state index contributed by atoms with van der Waals surface area (Å²) in [4.78, 5) is 52.5. The Hall–Kier alpha value is -2.59. The SMILES string of the molecule is C[C@]12C=CC(=O)CC1=CC[C@@H]1[C@@H]2[C@@H](O)C[C@@]2(C)[C@H]1CC[C@]2(OC(=O)CCCO[N+](=O)[O-])C(=O)CO. The van der Waals surface area contributed by atoms with Crippen molar-refractivity contribution in [3.8, 4) is 0 Å². The van der Waals surface area contributed by atoms with Crippen molar-refractivity contribution in [3.05, 3.63) is 33.9 Å². The number of ketones is 2. The number of Topliss-reactive ketones (excluding diaryl/α,β-unsaturated/α-hetero) is 1. The molecule has 4 aliphatic carbocycles. The Kier molecular flexibility index (Phi) is 6.65. The van der Waals surface area contributed by atoms with Gasteiger partial charge in [0, 0.05) is 29.6 Å². The Labute approximate surface area is 203 Å². The molecule has 0 bridgehead atoms. The molecule has 0 aromatic heterocycles. The summed E-state index contributed by atoms with van der Waals surface area (Å²) >= 11 is 0. The highest BCUT2D eigenvalue weighted by atomic mass is 16.9. The molecule has 2 N–H and O–H groups in total. The maximum absolute atomic E-state index is 13.2. The van der Waals surface area contributed by atoms with Crippen molar-refractivity contribution in [1.82, 2.24) is 0 Å². The Balaban J connectivity index is 1.62. The van der Waals surface area contributed by atoms with Gasteiger partial charge in [-0.05, 0) is 50.0 Å². The van der Waals surface area contributed by atoms with Crippen molar-refractivity contribution in [2.45, 2.75) is 70.5 Å². The first-order chi connectivity index (χ1) is 16.5. The normalized spacial score (nSPS) is 39.7. The van der Waals surface area contributed by atoms with E-state index < -0.39 is 46.0 Å². The van der Waals surface area contributed by atoms with Crippen LogP contribution in [-0.4, -0.2) is 57.8 Å². The molecule has 10 heteroatoms. The van der Waals surface area contributed by atoms with Crippen LogP contribution in [0.15, 0.2) is 23.8 Å². The molecular weight excluding hydrogens is 458 g/mol. The van der Waals surface area contributed by atoms with Crippen molar-refractivity contribution in [2.24, 2.45) is 28.6 Å². The number of aliphatic hydroxyl groups excluding tert-OH is 2. The molecule has 2 fully saturated rings. The van der Waals surface area contributed by atoms with E-state index in [2.05, 4.69) is 17.8 Å². The van der Waals surface area contributed by atoms with Gasteiger partial charge in [0.25, 0.3) is 5.09 Å². The fourth-order valence-corrected chi connectivity index (χ4v) is 7.63. The standard InChI is InChI=1S/C25H33NO9/c1-23-9-7-16(28)12-15(23)5-6-17-18-8-10-25(20(30)14-27,24(18,2)13-19(29)22(17)23)35-21(31)4-3-11-34-26(32)33/h5,7,9,17-19,22,27,29H,3-4,6,8,10-14H2,1-2H3/t17-,18-,19-,22+,23-,24-,25-/m0/s1. The lowest BCUT2D eigenvalue weighted by atomic mass is 9.47. The van der Waals surface area contributed by atoms with Crippen LogP contribution >= 0.6 is 0 Å². The quantitative estimate of drug-likeness (QED) is 0.171. The van der Waals surface area contributed by atoms with Gasteiger partial charge >= 0.3 is 5.97 Å². The minimum absolute atomic E-state index is 0.0101. The van der Waals surface area contributed by atoms with Crippen molar-refractivity contribution >= 4 is 17.5 Å². The average molecular weight is 492 g/mol. The van der Waals surface area contributed by atoms with Crippen LogP contribution in [0.25, 0.3) is 0 Å². The van der Waals surface area contributed by atoms with E-state index in [1.165, 1.54) is 0 Å². The van der Waals surface area contributed by atoms with Crippen molar-refractivity contribution < 1.29 is 39.3 Å². The molecule has 0 aromatic rings. The number of rotatable bonds is 8. The van der Waals surface area contributed by atoms with E-state index >= 15 is 0 Å². The van der Waals surface area contributed by atoms with E-state index in [0.29, 0.717) is 19.3 Å². The highest BCUT2D eigenvalue weighted by Gasteiger charge is 2.70. The summed E-state index contributed by atoms with van der Waals surface area (Å²) in [5.74, 6) is -1.41. The van der Waals surface area contributed by atoms with Gasteiger partial charge in [-0.1, -0.05) is 31.6 Å². The highest BCUT2D eigenvalue weighted by molar-refractivity contribution is 5.93. The van der Waals surface area contributed by atoms with E-state index in [1.54, 1.807) is 6.08 Å². The van der Waals surface area contributed by atoms with Gasteiger partial charge in [-0.15, -0.1) is 10.1 Å². The van der Waals surface area contributed by atoms with E-state index in [4.69, 9.17) is 4.74 Å². The van der Waals surface area contributed by atoms with Crippen LogP contribution in [0.1, 0.15) is 58.8 Å². The lowest BCUT2D eigenvalue weighted by Crippen LogP contribution is -2.62. The number of carbonyl (C=O) groups excluding carboxylic acids is 3. The zero-order valence-corrected chi connectivity index (χ0v) is 20.1. The van der Waals surface area contributed by atoms with E-state index in [1.807, 2.05) is 13.0 Å². The third kappa shape index (κ3) is 4.00. The van der Waals surface area contributed by atoms with E-state index in [-0.39, 0.29) is 55.8 Å². The summed E-state index contributed by atoms with van der Waals surface area (Å²) in [7, 11) is 0. The Bertz CT molecular complexity index is 989. The lowest BCUT2D eigenvalue weighted by Gasteiger charge is -2.59. The Morgan fingerprint density at radius 3 is 2.74 bits per heavy atom. The van der Waals surface area contributed by atoms with Gasteiger partial charge in [-0.25, -0.2) is 0 Å². The van der Waals surface area contributed by atoms with Crippen molar-refractivity contribution in [1.29, 1.82) is 0 Å². The molecule has 0 saturated heterocycles. The van der Waals surface area contributed by atoms with Crippen LogP contribution in [-0.2, 0) is 24.0 Å². The number of allylic oxidation sites excluding steroid dienone is 4. The van der Waals surface area contributed by atoms with Crippen molar-refractivity contribution in [2.75, 3.05) is 13.2 Å². The molecule has 0 spiro atoms. The van der Waals surface area contributed by atoms with E-state index in [9.17, 15) is 34.7 Å². The molecule has 0 heterocycles. The summed E-state index contributed by atoms with van der Waals surface area (Å²) in [6.45, 7) is 2.85. The number of hydrogen-bond donors (Lipinski definition) is 2. The van der Waals surface area contributed by atoms with Crippen LogP contribution in [0.2, 0.25) is 0 Å². The third-order valence-electron chi connectivity index (χ3n) is 9.18. The molecule has 10 nitrogen and oxygen atoms in total. The molecule has 192 valence electrons. The van der Waals surface area contributed by atoms with Gasteiger partial charge in [0.05, 0.1) is 12.7 Å². The van der Waals surface area contributed by atoms with E-state index in [0.717, 1.165) is 5.57 Å². The number of ether oxygens (including phenoxy) is 1. The minimum atomic E-state index is -1.58. The van der Waals surface area contributed by atoms with Crippen LogP contribution < -0.4 is 0 Å². The molecule has 7 atom stereocenters. The van der Waals surface area contributed by atoms with Gasteiger partial charge < -0.3 is 19.8 Å². The summed E-state index contributed by atoms with van der Waals surface area (Å²) in [6.07, 6.45) is 6.71. The first kappa shape index (κ1) is 25.5. The Morgan fingerprint density at radius 2 is 2.06 bits per heavy atom. The number of nitrogens with zero attached hydrogens (tertiary/aromatic N) is 1. The monoisotopic (exact) mass is 491 g/mol. The highest BCUT2D eigenvalue weighted by Crippen LogP contribution is 2.67. The molecule has 4 rings (SSSR count). The number of carbonyl (C=O) groups is 3. The molecule has 0 radical (unpaired) electrons. The van der Waals surface area contributed by atoms with Gasteiger partial charge in [-0.2, -0.15) is 0 Å². The molecule has 0 unspecified atom stereocenters. The summed E-state index contributed by atoms with van der Waals surface area (Å²) in [6, 6.07) is 0. The third-order valence-corrected chi connectivity index (χ3v) is 9.18. The maximum Gasteiger partial charge on any atom is 0.306 e. The summed E-state index contributed by atoms with van der Waals surface area (Å²) in [5, 5.41) is 30.7. The molecule has 2 saturated carbocycles. The summed E-state index contributed by atoms with van der Waals surface area (Å²) < 4.78 is 5.85. The fourth-order valence-electron chi connectivity index (χ4n) is 7.63. The molecule has 4 aliphatic rings. The predicted octanol–water partition coefficient (Wildman–Crippen LogP) is 2.10. The molecule has 35 heavy (non-hydrogen) atoms. The number of hydrogen-bond acceptors (Lipinski definition) is 9. The fraction of sp³-hybridized carbons (Fsp3) is 0.720. The first-order valence-electron chi connectivity index (χ1n) is 12.2. The zero-order chi connectivity index (χ0) is 25.6. The van der Waals surface area contributed by atoms with Crippen molar-refractivity contribution in [3.63, 3.8) is 0 Å². The predicted molar refractivity (Wildman–Crippen MR) is 121 cm³/mol. The number of esters is 1. The smallest absolute Gasteiger partial charge is 0.306 e. The minimum Gasteiger partial charge on any atom is -0.450 e. The second-order valence-corrected chi connectivity index (χ2v) is 10.8. The maximum atomic E-state index is 13.2. The van der Waals surface area contributed by atoms with Gasteiger partial charge in [-0.3, -0.25) is 14.4 Å². The second kappa shape index (κ2) is 9.13. The molecular formula is C25H33NO9. The zero-order valence-electron chi connectivity index (χ0n) is 20.1. The van der Waals surface area contributed by atoms with Crippen LogP contribution in [0.3, 0.4) is 0 Å². The lowest BCUT2D eigenvalue weighted by molar-refractivity contribution is -0.757.